The van der Waals surface area contributed by atoms with Gasteiger partial charge in [0.15, 0.2) is 0 Å². The highest BCUT2D eigenvalue weighted by Crippen LogP contribution is 2.49. The molecule has 6 nitrogen and oxygen atoms in total. The monoisotopic (exact) mass is 499 g/mol. The van der Waals surface area contributed by atoms with Crippen molar-refractivity contribution in [3.63, 3.8) is 0 Å². The molecule has 0 amide bonds. The van der Waals surface area contributed by atoms with E-state index in [9.17, 15) is 13.0 Å². The van der Waals surface area contributed by atoms with Gasteiger partial charge >= 0.3 is 7.60 Å². The molecule has 0 heterocycles. The Morgan fingerprint density at radius 2 is 1.23 bits per heavy atom. The van der Waals surface area contributed by atoms with E-state index in [2.05, 4.69) is 4.72 Å². The van der Waals surface area contributed by atoms with Crippen molar-refractivity contribution in [2.45, 2.75) is 18.1 Å². The van der Waals surface area contributed by atoms with Crippen molar-refractivity contribution in [2.24, 2.45) is 0 Å². The van der Waals surface area contributed by atoms with E-state index < -0.39 is 23.9 Å². The molecule has 0 aliphatic rings. The number of benzene rings is 3. The van der Waals surface area contributed by atoms with Gasteiger partial charge in [-0.3, -0.25) is 4.57 Å². The van der Waals surface area contributed by atoms with Crippen LogP contribution in [0.25, 0.3) is 0 Å². The molecule has 3 rings (SSSR count). The molecule has 0 saturated carbocycles. The number of hydrogen-bond acceptors (Lipinski definition) is 5. The minimum absolute atomic E-state index is 0.00235. The Morgan fingerprint density at radius 3 is 1.68 bits per heavy atom. The Labute approximate surface area is 191 Å². The van der Waals surface area contributed by atoms with Gasteiger partial charge in [0.05, 0.1) is 18.1 Å². The molecule has 0 aromatic heterocycles. The Bertz CT molecular complexity index is 1090. The standard InChI is InChI=1S/C21H20Cl2NO5PS/c22-19-11-20(23)13-21(12-19)31(26,27)24-16-30(25,28-14-17-7-3-1-4-8-17)29-15-18-9-5-2-6-10-18/h1-13,24H,14-16H2. The van der Waals surface area contributed by atoms with Gasteiger partial charge in [-0.1, -0.05) is 83.9 Å². The van der Waals surface area contributed by atoms with Crippen molar-refractivity contribution in [3.05, 3.63) is 100 Å². The maximum absolute atomic E-state index is 13.3. The fourth-order valence-electron chi connectivity index (χ4n) is 2.55. The van der Waals surface area contributed by atoms with Gasteiger partial charge in [-0.25, -0.2) is 8.42 Å². The second-order valence-corrected chi connectivity index (χ2v) is 11.2. The van der Waals surface area contributed by atoms with Crippen molar-refractivity contribution in [1.29, 1.82) is 0 Å². The third kappa shape index (κ3) is 7.44. The lowest BCUT2D eigenvalue weighted by Crippen LogP contribution is -2.26. The molecule has 10 heteroatoms. The van der Waals surface area contributed by atoms with Crippen LogP contribution in [-0.4, -0.2) is 14.7 Å². The summed E-state index contributed by atoms with van der Waals surface area (Å²) < 4.78 is 52.1. The molecular weight excluding hydrogens is 480 g/mol. The molecule has 0 atom stereocenters. The molecular formula is C21H20Cl2NO5PS. The average Bonchev–Trinajstić information content (AvgIpc) is 2.76. The summed E-state index contributed by atoms with van der Waals surface area (Å²) in [6.07, 6.45) is -0.556. The van der Waals surface area contributed by atoms with Crippen LogP contribution in [0.1, 0.15) is 11.1 Å². The summed E-state index contributed by atoms with van der Waals surface area (Å²) in [5, 5.41) is 0.327. The molecule has 31 heavy (non-hydrogen) atoms. The summed E-state index contributed by atoms with van der Waals surface area (Å²) >= 11 is 11.8. The number of nitrogens with one attached hydrogen (secondary N) is 1. The summed E-state index contributed by atoms with van der Waals surface area (Å²) in [6, 6.07) is 22.1. The van der Waals surface area contributed by atoms with E-state index in [1.165, 1.54) is 18.2 Å². The number of sulfonamides is 1. The van der Waals surface area contributed by atoms with E-state index in [1.807, 2.05) is 36.4 Å². The highest BCUT2D eigenvalue weighted by Gasteiger charge is 2.28. The van der Waals surface area contributed by atoms with Crippen LogP contribution in [0, 0.1) is 0 Å². The van der Waals surface area contributed by atoms with E-state index in [1.54, 1.807) is 24.3 Å². The number of halogens is 2. The van der Waals surface area contributed by atoms with Crippen LogP contribution >= 0.6 is 30.8 Å². The fraction of sp³-hybridized carbons (Fsp3) is 0.143. The zero-order valence-electron chi connectivity index (χ0n) is 16.3. The number of rotatable bonds is 10. The lowest BCUT2D eigenvalue weighted by atomic mass is 10.2. The predicted octanol–water partition coefficient (Wildman–Crippen LogP) is 5.86. The molecule has 164 valence electrons. The lowest BCUT2D eigenvalue weighted by molar-refractivity contribution is 0.190. The Morgan fingerprint density at radius 1 is 0.774 bits per heavy atom. The van der Waals surface area contributed by atoms with E-state index in [0.717, 1.165) is 11.1 Å². The second-order valence-electron chi connectivity index (χ2n) is 6.54. The molecule has 3 aromatic rings. The normalized spacial score (nSPS) is 12.1. The molecule has 0 unspecified atom stereocenters. The molecule has 3 aromatic carbocycles. The van der Waals surface area contributed by atoms with Gasteiger partial charge < -0.3 is 9.05 Å². The van der Waals surface area contributed by atoms with Gasteiger partial charge in [0.25, 0.3) is 0 Å². The van der Waals surface area contributed by atoms with Crippen molar-refractivity contribution >= 4 is 40.8 Å². The van der Waals surface area contributed by atoms with Gasteiger partial charge in [-0.15, -0.1) is 0 Å². The van der Waals surface area contributed by atoms with Crippen LogP contribution in [0.15, 0.2) is 83.8 Å². The van der Waals surface area contributed by atoms with E-state index >= 15 is 0 Å². The summed E-state index contributed by atoms with van der Waals surface area (Å²) in [6.45, 7) is -0.00471. The van der Waals surface area contributed by atoms with Gasteiger partial charge in [0.2, 0.25) is 10.0 Å². The molecule has 0 fully saturated rings. The second kappa shape index (κ2) is 10.7. The fourth-order valence-corrected chi connectivity index (χ4v) is 6.20. The summed E-state index contributed by atoms with van der Waals surface area (Å²) in [4.78, 5) is -0.150. The minimum Gasteiger partial charge on any atom is -0.303 e. The molecule has 1 N–H and O–H groups in total. The average molecular weight is 500 g/mol. The zero-order chi connectivity index (χ0) is 22.3. The van der Waals surface area contributed by atoms with Crippen molar-refractivity contribution in [2.75, 3.05) is 6.29 Å². The predicted molar refractivity (Wildman–Crippen MR) is 122 cm³/mol. The molecule has 0 bridgehead atoms. The smallest absolute Gasteiger partial charge is 0.303 e. The quantitative estimate of drug-likeness (QED) is 0.353. The van der Waals surface area contributed by atoms with E-state index in [4.69, 9.17) is 32.2 Å². The van der Waals surface area contributed by atoms with Crippen LogP contribution in [-0.2, 0) is 36.8 Å². The third-order valence-electron chi connectivity index (χ3n) is 4.14. The largest absolute Gasteiger partial charge is 0.346 e. The first-order valence-electron chi connectivity index (χ1n) is 9.17. The topological polar surface area (TPSA) is 81.7 Å². The molecule has 0 saturated heterocycles. The van der Waals surface area contributed by atoms with E-state index in [-0.39, 0.29) is 28.2 Å². The summed E-state index contributed by atoms with van der Waals surface area (Å²) in [5.74, 6) is 0. The molecule has 0 spiro atoms. The van der Waals surface area contributed by atoms with Crippen LogP contribution in [0.3, 0.4) is 0 Å². The zero-order valence-corrected chi connectivity index (χ0v) is 19.5. The third-order valence-corrected chi connectivity index (χ3v) is 7.76. The Balaban J connectivity index is 1.75. The minimum atomic E-state index is -4.06. The molecule has 0 radical (unpaired) electrons. The van der Waals surface area contributed by atoms with Crippen LogP contribution in [0.4, 0.5) is 0 Å². The lowest BCUT2D eigenvalue weighted by Gasteiger charge is -2.19. The van der Waals surface area contributed by atoms with Crippen molar-refractivity contribution in [1.82, 2.24) is 4.72 Å². The van der Waals surface area contributed by atoms with Crippen LogP contribution in [0.2, 0.25) is 10.0 Å². The first-order chi connectivity index (χ1) is 14.8. The Hall–Kier alpha value is -1.70. The van der Waals surface area contributed by atoms with Crippen LogP contribution in [0.5, 0.6) is 0 Å². The van der Waals surface area contributed by atoms with Gasteiger partial charge in [-0.05, 0) is 29.3 Å². The van der Waals surface area contributed by atoms with Gasteiger partial charge in [0, 0.05) is 10.0 Å². The van der Waals surface area contributed by atoms with E-state index in [0.29, 0.717) is 0 Å². The Kier molecular flexibility index (Phi) is 8.30. The summed E-state index contributed by atoms with van der Waals surface area (Å²) in [5.41, 5.74) is 1.55. The SMILES string of the molecule is O=P(CNS(=O)(=O)c1cc(Cl)cc(Cl)c1)(OCc1ccccc1)OCc1ccccc1. The molecule has 0 aliphatic carbocycles. The summed E-state index contributed by atoms with van der Waals surface area (Å²) in [7, 11) is -7.90. The maximum atomic E-state index is 13.3. The first kappa shape index (κ1) is 24.0. The highest BCUT2D eigenvalue weighted by molar-refractivity contribution is 7.89. The van der Waals surface area contributed by atoms with Crippen molar-refractivity contribution in [3.8, 4) is 0 Å². The van der Waals surface area contributed by atoms with Gasteiger partial charge in [-0.2, -0.15) is 4.72 Å². The number of hydrogen-bond donors (Lipinski definition) is 1. The van der Waals surface area contributed by atoms with Crippen molar-refractivity contribution < 1.29 is 22.0 Å². The maximum Gasteiger partial charge on any atom is 0.346 e. The van der Waals surface area contributed by atoms with Gasteiger partial charge in [0.1, 0.15) is 6.29 Å². The van der Waals surface area contributed by atoms with Crippen LogP contribution < -0.4 is 4.72 Å². The highest BCUT2D eigenvalue weighted by atomic mass is 35.5. The molecule has 0 aliphatic heterocycles. The first-order valence-corrected chi connectivity index (χ1v) is 13.1.